The number of rotatable bonds is 7. The number of thiophene rings is 1. The fraction of sp³-hybridized carbons (Fsp3) is 0.583. The number of carbonyl (C=O) groups is 1. The predicted octanol–water partition coefficient (Wildman–Crippen LogP) is 2.10. The van der Waals surface area contributed by atoms with Crippen LogP contribution < -0.4 is 0 Å². The molecule has 0 spiro atoms. The van der Waals surface area contributed by atoms with E-state index in [2.05, 4.69) is 15.9 Å². The number of esters is 1. The fourth-order valence-corrected chi connectivity index (χ4v) is 2.99. The van der Waals surface area contributed by atoms with Crippen LogP contribution in [-0.4, -0.2) is 51.6 Å². The molecule has 1 aromatic rings. The second-order valence-corrected chi connectivity index (χ2v) is 6.27. The highest BCUT2D eigenvalue weighted by Gasteiger charge is 2.33. The molecule has 1 heterocycles. The zero-order valence-electron chi connectivity index (χ0n) is 11.4. The third-order valence-electron chi connectivity index (χ3n) is 2.69. The maximum Gasteiger partial charge on any atom is 0.328 e. The summed E-state index contributed by atoms with van der Waals surface area (Å²) in [5.74, 6) is -0.384. The lowest BCUT2D eigenvalue weighted by Crippen LogP contribution is -2.48. The first-order valence-corrected chi connectivity index (χ1v) is 7.27. The molecule has 108 valence electrons. The molecule has 1 rings (SSSR count). The van der Waals surface area contributed by atoms with Gasteiger partial charge in [-0.3, -0.25) is 9.69 Å². The fourth-order valence-electron chi connectivity index (χ4n) is 1.79. The van der Waals surface area contributed by atoms with Crippen LogP contribution >= 0.6 is 27.3 Å². The first-order chi connectivity index (χ1) is 9.03. The summed E-state index contributed by atoms with van der Waals surface area (Å²) in [6.45, 7) is 0.602. The number of nitrogens with zero attached hydrogens (tertiary/aromatic N) is 1. The molecule has 0 aliphatic rings. The van der Waals surface area contributed by atoms with Gasteiger partial charge < -0.3 is 14.2 Å². The number of hydrogen-bond acceptors (Lipinski definition) is 6. The molecule has 0 saturated heterocycles. The SMILES string of the molecule is COC(=O)C(C(OC)OC)N(C)Cc1csc(Br)c1. The number of methoxy groups -OCH3 is 3. The Morgan fingerprint density at radius 1 is 1.42 bits per heavy atom. The van der Waals surface area contributed by atoms with Gasteiger partial charge in [0, 0.05) is 20.8 Å². The van der Waals surface area contributed by atoms with E-state index in [-0.39, 0.29) is 5.97 Å². The molecule has 0 aliphatic carbocycles. The van der Waals surface area contributed by atoms with Crippen molar-refractivity contribution in [3.05, 3.63) is 20.8 Å². The first-order valence-electron chi connectivity index (χ1n) is 5.60. The van der Waals surface area contributed by atoms with Crippen molar-refractivity contribution in [3.63, 3.8) is 0 Å². The van der Waals surface area contributed by atoms with Crippen LogP contribution in [0.3, 0.4) is 0 Å². The standard InChI is InChI=1S/C12H18BrNO4S/c1-14(6-8-5-9(13)19-7-8)10(11(15)16-2)12(17-3)18-4/h5,7,10,12H,6H2,1-4H3. The van der Waals surface area contributed by atoms with Crippen molar-refractivity contribution >= 4 is 33.2 Å². The summed E-state index contributed by atoms with van der Waals surface area (Å²) < 4.78 is 16.2. The third-order valence-corrected chi connectivity index (χ3v) is 4.25. The highest BCUT2D eigenvalue weighted by atomic mass is 79.9. The minimum Gasteiger partial charge on any atom is -0.468 e. The Hall–Kier alpha value is -0.470. The molecule has 1 unspecified atom stereocenters. The largest absolute Gasteiger partial charge is 0.468 e. The summed E-state index contributed by atoms with van der Waals surface area (Å²) in [6.07, 6.45) is -0.667. The Kier molecular flexibility index (Phi) is 6.95. The molecule has 0 radical (unpaired) electrons. The smallest absolute Gasteiger partial charge is 0.328 e. The Morgan fingerprint density at radius 3 is 2.47 bits per heavy atom. The van der Waals surface area contributed by atoms with E-state index >= 15 is 0 Å². The average Bonchev–Trinajstić information content (AvgIpc) is 2.80. The molecule has 5 nitrogen and oxygen atoms in total. The summed E-state index contributed by atoms with van der Waals surface area (Å²) in [6, 6.07) is 1.41. The van der Waals surface area contributed by atoms with E-state index in [0.29, 0.717) is 6.54 Å². The van der Waals surface area contributed by atoms with Gasteiger partial charge in [-0.2, -0.15) is 0 Å². The van der Waals surface area contributed by atoms with E-state index in [1.165, 1.54) is 21.3 Å². The van der Waals surface area contributed by atoms with Crippen molar-refractivity contribution in [1.29, 1.82) is 0 Å². The van der Waals surface area contributed by atoms with Crippen molar-refractivity contribution in [1.82, 2.24) is 4.90 Å². The normalized spacial score (nSPS) is 13.0. The highest BCUT2D eigenvalue weighted by Crippen LogP contribution is 2.22. The van der Waals surface area contributed by atoms with Gasteiger partial charge in [-0.05, 0) is 40.0 Å². The molecule has 7 heteroatoms. The van der Waals surface area contributed by atoms with Crippen LogP contribution in [0.5, 0.6) is 0 Å². The molecule has 0 aromatic carbocycles. The van der Waals surface area contributed by atoms with E-state index in [1.807, 2.05) is 23.4 Å². The molecule has 0 N–H and O–H groups in total. The number of carbonyl (C=O) groups excluding carboxylic acids is 1. The molecule has 19 heavy (non-hydrogen) atoms. The van der Waals surface area contributed by atoms with Gasteiger partial charge in [-0.15, -0.1) is 11.3 Å². The van der Waals surface area contributed by atoms with Gasteiger partial charge >= 0.3 is 5.97 Å². The monoisotopic (exact) mass is 351 g/mol. The first kappa shape index (κ1) is 16.6. The zero-order valence-corrected chi connectivity index (χ0v) is 13.8. The third kappa shape index (κ3) is 4.54. The van der Waals surface area contributed by atoms with Gasteiger partial charge in [0.25, 0.3) is 0 Å². The molecule has 0 aliphatic heterocycles. The number of halogens is 1. The lowest BCUT2D eigenvalue weighted by molar-refractivity contribution is -0.178. The average molecular weight is 352 g/mol. The molecule has 0 amide bonds. The molecule has 0 saturated carbocycles. The second kappa shape index (κ2) is 7.96. The van der Waals surface area contributed by atoms with Crippen LogP contribution in [0, 0.1) is 0 Å². The van der Waals surface area contributed by atoms with Crippen molar-refractivity contribution in [3.8, 4) is 0 Å². The lowest BCUT2D eigenvalue weighted by atomic mass is 10.2. The highest BCUT2D eigenvalue weighted by molar-refractivity contribution is 9.11. The van der Waals surface area contributed by atoms with Crippen LogP contribution in [0.4, 0.5) is 0 Å². The topological polar surface area (TPSA) is 48.0 Å². The van der Waals surface area contributed by atoms with E-state index in [4.69, 9.17) is 14.2 Å². The molecule has 0 bridgehead atoms. The van der Waals surface area contributed by atoms with E-state index in [1.54, 1.807) is 11.3 Å². The van der Waals surface area contributed by atoms with Gasteiger partial charge in [-0.25, -0.2) is 0 Å². The van der Waals surface area contributed by atoms with Gasteiger partial charge in [0.15, 0.2) is 12.3 Å². The summed E-state index contributed by atoms with van der Waals surface area (Å²) >= 11 is 5.02. The summed E-state index contributed by atoms with van der Waals surface area (Å²) in [7, 11) is 6.18. The molecule has 0 fully saturated rings. The molecule has 1 atom stereocenters. The van der Waals surface area contributed by atoms with Crippen LogP contribution in [-0.2, 0) is 25.5 Å². The summed E-state index contributed by atoms with van der Waals surface area (Å²) in [4.78, 5) is 13.7. The van der Waals surface area contributed by atoms with Crippen LogP contribution in [0.25, 0.3) is 0 Å². The Balaban J connectivity index is 2.81. The Bertz CT molecular complexity index is 408. The maximum atomic E-state index is 11.9. The van der Waals surface area contributed by atoms with Crippen molar-refractivity contribution in [2.45, 2.75) is 18.9 Å². The molecule has 1 aromatic heterocycles. The Labute approximate surface area is 125 Å². The van der Waals surface area contributed by atoms with Crippen molar-refractivity contribution in [2.24, 2.45) is 0 Å². The summed E-state index contributed by atoms with van der Waals surface area (Å²) in [5, 5.41) is 2.03. The molecular formula is C12H18BrNO4S. The quantitative estimate of drug-likeness (QED) is 0.556. The summed E-state index contributed by atoms with van der Waals surface area (Å²) in [5.41, 5.74) is 1.11. The van der Waals surface area contributed by atoms with Crippen LogP contribution in [0.2, 0.25) is 0 Å². The predicted molar refractivity (Wildman–Crippen MR) is 77.1 cm³/mol. The Morgan fingerprint density at radius 2 is 2.05 bits per heavy atom. The van der Waals surface area contributed by atoms with Crippen molar-refractivity contribution in [2.75, 3.05) is 28.4 Å². The minimum atomic E-state index is -0.667. The van der Waals surface area contributed by atoms with Gasteiger partial charge in [-0.1, -0.05) is 0 Å². The molecular weight excluding hydrogens is 334 g/mol. The van der Waals surface area contributed by atoms with Gasteiger partial charge in [0.05, 0.1) is 10.9 Å². The number of ether oxygens (including phenoxy) is 3. The number of likely N-dealkylation sites (N-methyl/N-ethyl adjacent to an activating group) is 1. The van der Waals surface area contributed by atoms with Gasteiger partial charge in [0.2, 0.25) is 0 Å². The minimum absolute atomic E-state index is 0.384. The zero-order chi connectivity index (χ0) is 14.4. The van der Waals surface area contributed by atoms with Crippen LogP contribution in [0.15, 0.2) is 15.2 Å². The van der Waals surface area contributed by atoms with E-state index in [9.17, 15) is 4.79 Å². The van der Waals surface area contributed by atoms with E-state index < -0.39 is 12.3 Å². The maximum absolute atomic E-state index is 11.9. The number of hydrogen-bond donors (Lipinski definition) is 0. The van der Waals surface area contributed by atoms with Crippen LogP contribution in [0.1, 0.15) is 5.56 Å². The lowest BCUT2D eigenvalue weighted by Gasteiger charge is -2.30. The van der Waals surface area contributed by atoms with Gasteiger partial charge in [0.1, 0.15) is 0 Å². The second-order valence-electron chi connectivity index (χ2n) is 3.98. The van der Waals surface area contributed by atoms with E-state index in [0.717, 1.165) is 9.35 Å². The van der Waals surface area contributed by atoms with Crippen molar-refractivity contribution < 1.29 is 19.0 Å².